The van der Waals surface area contributed by atoms with Gasteiger partial charge in [0.15, 0.2) is 0 Å². The van der Waals surface area contributed by atoms with E-state index in [1.54, 1.807) is 31.3 Å². The molecule has 6 heteroatoms. The average Bonchev–Trinajstić information content (AvgIpc) is 3.08. The van der Waals surface area contributed by atoms with E-state index >= 15 is 0 Å². The van der Waals surface area contributed by atoms with Gasteiger partial charge in [0, 0.05) is 36.0 Å². The van der Waals surface area contributed by atoms with E-state index in [1.165, 1.54) is 0 Å². The summed E-state index contributed by atoms with van der Waals surface area (Å²) in [5.74, 6) is 1.30. The van der Waals surface area contributed by atoms with Crippen molar-refractivity contribution >= 4 is 23.2 Å². The maximum atomic E-state index is 12.3. The fourth-order valence-electron chi connectivity index (χ4n) is 3.02. The molecule has 0 aliphatic carbocycles. The molecule has 0 unspecified atom stereocenters. The topological polar surface area (TPSA) is 67.9 Å². The summed E-state index contributed by atoms with van der Waals surface area (Å²) in [7, 11) is 3.15. The lowest BCUT2D eigenvalue weighted by atomic mass is 10.1. The van der Waals surface area contributed by atoms with Crippen LogP contribution in [0.25, 0.3) is 0 Å². The maximum Gasteiger partial charge on any atom is 0.228 e. The van der Waals surface area contributed by atoms with Gasteiger partial charge in [-0.3, -0.25) is 9.59 Å². The monoisotopic (exact) mass is 354 g/mol. The van der Waals surface area contributed by atoms with Gasteiger partial charge in [-0.05, 0) is 36.8 Å². The van der Waals surface area contributed by atoms with Crippen molar-refractivity contribution in [1.82, 2.24) is 0 Å². The Morgan fingerprint density at radius 2 is 1.88 bits per heavy atom. The quantitative estimate of drug-likeness (QED) is 0.866. The first kappa shape index (κ1) is 17.8. The van der Waals surface area contributed by atoms with Crippen molar-refractivity contribution in [3.05, 3.63) is 48.0 Å². The lowest BCUT2D eigenvalue weighted by Crippen LogP contribution is -2.23. The largest absolute Gasteiger partial charge is 0.497 e. The Morgan fingerprint density at radius 3 is 2.50 bits per heavy atom. The molecule has 0 spiro atoms. The summed E-state index contributed by atoms with van der Waals surface area (Å²) >= 11 is 0. The van der Waals surface area contributed by atoms with Crippen LogP contribution in [0.3, 0.4) is 0 Å². The Morgan fingerprint density at radius 1 is 1.12 bits per heavy atom. The molecule has 1 heterocycles. The zero-order chi connectivity index (χ0) is 18.5. The van der Waals surface area contributed by atoms with Gasteiger partial charge >= 0.3 is 0 Å². The fourth-order valence-corrected chi connectivity index (χ4v) is 3.02. The van der Waals surface area contributed by atoms with Gasteiger partial charge in [-0.25, -0.2) is 0 Å². The number of nitrogens with zero attached hydrogens (tertiary/aromatic N) is 1. The minimum Gasteiger partial charge on any atom is -0.497 e. The molecule has 1 fully saturated rings. The van der Waals surface area contributed by atoms with Crippen LogP contribution in [0.5, 0.6) is 11.5 Å². The molecule has 1 saturated heterocycles. The van der Waals surface area contributed by atoms with E-state index in [9.17, 15) is 9.59 Å². The molecule has 1 N–H and O–H groups in total. The molecular formula is C20H22N2O4. The van der Waals surface area contributed by atoms with Crippen LogP contribution in [0.2, 0.25) is 0 Å². The minimum absolute atomic E-state index is 0.140. The van der Waals surface area contributed by atoms with Crippen LogP contribution in [0.4, 0.5) is 11.4 Å². The predicted octanol–water partition coefficient (Wildman–Crippen LogP) is 3.01. The molecule has 0 atom stereocenters. The molecule has 0 aromatic heterocycles. The van der Waals surface area contributed by atoms with E-state index in [0.29, 0.717) is 23.6 Å². The molecule has 6 nitrogen and oxygen atoms in total. The molecule has 2 aromatic carbocycles. The van der Waals surface area contributed by atoms with Gasteiger partial charge in [-0.1, -0.05) is 6.07 Å². The summed E-state index contributed by atoms with van der Waals surface area (Å²) < 4.78 is 10.5. The number of carbonyl (C=O) groups is 2. The number of anilines is 2. The molecule has 136 valence electrons. The number of nitrogens with one attached hydrogen (secondary N) is 1. The summed E-state index contributed by atoms with van der Waals surface area (Å²) in [4.78, 5) is 25.9. The van der Waals surface area contributed by atoms with Gasteiger partial charge in [-0.2, -0.15) is 0 Å². The van der Waals surface area contributed by atoms with Gasteiger partial charge in [0.05, 0.1) is 20.6 Å². The SMILES string of the molecule is COc1ccc(CC(=O)Nc2ccc(N3CCCC3=O)cc2)c(OC)c1. The van der Waals surface area contributed by atoms with E-state index in [4.69, 9.17) is 9.47 Å². The smallest absolute Gasteiger partial charge is 0.228 e. The van der Waals surface area contributed by atoms with Crippen molar-refractivity contribution in [3.8, 4) is 11.5 Å². The molecule has 1 aliphatic rings. The van der Waals surface area contributed by atoms with E-state index < -0.39 is 0 Å². The fraction of sp³-hybridized carbons (Fsp3) is 0.300. The third kappa shape index (κ3) is 3.96. The highest BCUT2D eigenvalue weighted by molar-refractivity contribution is 5.96. The first-order valence-electron chi connectivity index (χ1n) is 8.52. The summed E-state index contributed by atoms with van der Waals surface area (Å²) in [5.41, 5.74) is 2.34. The Kier molecular flexibility index (Phi) is 5.41. The zero-order valence-corrected chi connectivity index (χ0v) is 15.0. The van der Waals surface area contributed by atoms with E-state index in [-0.39, 0.29) is 18.2 Å². The van der Waals surface area contributed by atoms with Crippen LogP contribution >= 0.6 is 0 Å². The standard InChI is InChI=1S/C20H22N2O4/c1-25-17-10-5-14(18(13-17)26-2)12-19(23)21-15-6-8-16(9-7-15)22-11-3-4-20(22)24/h5-10,13H,3-4,11-12H2,1-2H3,(H,21,23). The van der Waals surface area contributed by atoms with Crippen molar-refractivity contribution < 1.29 is 19.1 Å². The van der Waals surface area contributed by atoms with Crippen LogP contribution in [-0.2, 0) is 16.0 Å². The summed E-state index contributed by atoms with van der Waals surface area (Å²) in [5, 5.41) is 2.87. The van der Waals surface area contributed by atoms with Gasteiger partial charge < -0.3 is 19.7 Å². The highest BCUT2D eigenvalue weighted by Gasteiger charge is 2.21. The molecule has 0 bridgehead atoms. The molecule has 2 amide bonds. The van der Waals surface area contributed by atoms with Crippen LogP contribution in [0.1, 0.15) is 18.4 Å². The van der Waals surface area contributed by atoms with E-state index in [1.807, 2.05) is 30.3 Å². The van der Waals surface area contributed by atoms with Crippen LogP contribution < -0.4 is 19.7 Å². The first-order chi connectivity index (χ1) is 12.6. The number of hydrogen-bond donors (Lipinski definition) is 1. The number of amides is 2. The van der Waals surface area contributed by atoms with Crippen LogP contribution in [-0.4, -0.2) is 32.6 Å². The average molecular weight is 354 g/mol. The molecule has 1 aliphatic heterocycles. The predicted molar refractivity (Wildman–Crippen MR) is 99.9 cm³/mol. The summed E-state index contributed by atoms with van der Waals surface area (Å²) in [6.45, 7) is 0.752. The van der Waals surface area contributed by atoms with E-state index in [0.717, 1.165) is 24.2 Å². The Bertz CT molecular complexity index is 802. The number of rotatable bonds is 6. The van der Waals surface area contributed by atoms with Crippen molar-refractivity contribution in [2.24, 2.45) is 0 Å². The summed E-state index contributed by atoms with van der Waals surface area (Å²) in [6, 6.07) is 12.7. The third-order valence-electron chi connectivity index (χ3n) is 4.38. The van der Waals surface area contributed by atoms with Gasteiger partial charge in [0.2, 0.25) is 11.8 Å². The number of benzene rings is 2. The van der Waals surface area contributed by atoms with Crippen LogP contribution in [0, 0.1) is 0 Å². The van der Waals surface area contributed by atoms with Gasteiger partial charge in [0.1, 0.15) is 11.5 Å². The first-order valence-corrected chi connectivity index (χ1v) is 8.52. The number of hydrogen-bond acceptors (Lipinski definition) is 4. The summed E-state index contributed by atoms with van der Waals surface area (Å²) in [6.07, 6.45) is 1.68. The third-order valence-corrected chi connectivity index (χ3v) is 4.38. The minimum atomic E-state index is -0.140. The number of methoxy groups -OCH3 is 2. The van der Waals surface area contributed by atoms with Gasteiger partial charge in [0.25, 0.3) is 0 Å². The molecule has 3 rings (SSSR count). The highest BCUT2D eigenvalue weighted by Crippen LogP contribution is 2.26. The number of ether oxygens (including phenoxy) is 2. The Balaban J connectivity index is 1.64. The Labute approximate surface area is 152 Å². The van der Waals surface area contributed by atoms with Crippen molar-refractivity contribution in [1.29, 1.82) is 0 Å². The molecule has 0 saturated carbocycles. The second-order valence-electron chi connectivity index (χ2n) is 6.10. The molecule has 2 aromatic rings. The Hall–Kier alpha value is -3.02. The highest BCUT2D eigenvalue weighted by atomic mass is 16.5. The maximum absolute atomic E-state index is 12.3. The van der Waals surface area contributed by atoms with Crippen LogP contribution in [0.15, 0.2) is 42.5 Å². The van der Waals surface area contributed by atoms with E-state index in [2.05, 4.69) is 5.32 Å². The van der Waals surface area contributed by atoms with Gasteiger partial charge in [-0.15, -0.1) is 0 Å². The number of carbonyl (C=O) groups excluding carboxylic acids is 2. The molecule has 0 radical (unpaired) electrons. The molecule has 26 heavy (non-hydrogen) atoms. The lowest BCUT2D eigenvalue weighted by Gasteiger charge is -2.16. The van der Waals surface area contributed by atoms with Crippen molar-refractivity contribution in [3.63, 3.8) is 0 Å². The normalized spacial score (nSPS) is 13.6. The van der Waals surface area contributed by atoms with Crippen molar-refractivity contribution in [2.75, 3.05) is 31.0 Å². The molecular weight excluding hydrogens is 332 g/mol. The second kappa shape index (κ2) is 7.91. The lowest BCUT2D eigenvalue weighted by molar-refractivity contribution is -0.117. The van der Waals surface area contributed by atoms with Crippen molar-refractivity contribution in [2.45, 2.75) is 19.3 Å². The zero-order valence-electron chi connectivity index (χ0n) is 15.0. The second-order valence-corrected chi connectivity index (χ2v) is 6.10.